The molecular weight excluding hydrogens is 1160 g/mol. The predicted molar refractivity (Wildman–Crippen MR) is 208 cm³/mol. The van der Waals surface area contributed by atoms with Gasteiger partial charge in [0.15, 0.2) is 0 Å². The van der Waals surface area contributed by atoms with Gasteiger partial charge in [-0.3, -0.25) is 14.4 Å². The standard InChI is InChI=1S/C10H17NO.C10H15NO.C10H14O2.CH4.I3.I2.H3N.V/c2*1-6-3-4-8-7(2)5-11-10(12)9(6)8;1-6-3-4-8-7(2)5-12-10(11)9(6)8;;1-3-2;1-2;;/h6-9H,3-5H2,1-2H3,(H,11,12);5-6,8-9H,3-4H2,1-2H3,(H,11,12);5-6,8-9H,3-4H2,1-2H3;1H4;;;1H3;/q;;;;-1;;;/t6-,7+,8?,9?;2*6-,8?,9?;;;;;/m000...../s1. The molecule has 2 amide bonds. The molecule has 10 atom stereocenters. The van der Waals surface area contributed by atoms with Gasteiger partial charge in [0.05, 0.1) is 12.2 Å². The number of ether oxygens (including phenoxy) is 1. The molecule has 0 spiro atoms. The second-order valence-corrected chi connectivity index (χ2v) is 28.8. The first-order valence-electron chi connectivity index (χ1n) is 14.6. The van der Waals surface area contributed by atoms with E-state index in [-0.39, 0.29) is 55.8 Å². The summed E-state index contributed by atoms with van der Waals surface area (Å²) in [6, 6.07) is 0. The number of allylic oxidation sites excluding steroid dienone is 2. The van der Waals surface area contributed by atoms with Crippen LogP contribution >= 0.6 is 74.5 Å². The Hall–Kier alpha value is 2.08. The topological polar surface area (TPSA) is 120 Å². The van der Waals surface area contributed by atoms with E-state index >= 15 is 0 Å². The van der Waals surface area contributed by atoms with Crippen LogP contribution in [0.2, 0.25) is 0 Å². The number of carbonyl (C=O) groups is 3. The first-order valence-corrected chi connectivity index (χ1v) is 33.5. The van der Waals surface area contributed by atoms with Crippen LogP contribution < -0.4 is 30.0 Å². The molecule has 3 aliphatic heterocycles. The van der Waals surface area contributed by atoms with E-state index in [2.05, 4.69) is 127 Å². The molecule has 3 aliphatic carbocycles. The Labute approximate surface area is 332 Å². The van der Waals surface area contributed by atoms with Gasteiger partial charge in [-0.05, 0) is 99.4 Å². The van der Waals surface area contributed by atoms with Gasteiger partial charge in [0.1, 0.15) is 0 Å². The molecule has 13 heteroatoms. The molecule has 0 aromatic carbocycles. The number of fused-ring (bicyclic) bond motifs is 3. The van der Waals surface area contributed by atoms with Crippen molar-refractivity contribution in [1.29, 1.82) is 0 Å². The third-order valence-corrected chi connectivity index (χ3v) is 10.2. The van der Waals surface area contributed by atoms with Gasteiger partial charge in [0.25, 0.3) is 0 Å². The van der Waals surface area contributed by atoms with Gasteiger partial charge in [-0.2, -0.15) is 0 Å². The molecule has 6 aliphatic rings. The fraction of sp³-hybridized carbons (Fsp3) is 0.774. The molecule has 3 heterocycles. The second kappa shape index (κ2) is 24.3. The van der Waals surface area contributed by atoms with Crippen molar-refractivity contribution >= 4 is 92.2 Å². The van der Waals surface area contributed by atoms with Crippen LogP contribution in [0.25, 0.3) is 0 Å². The summed E-state index contributed by atoms with van der Waals surface area (Å²) in [6.07, 6.45) is 10.7. The summed E-state index contributed by atoms with van der Waals surface area (Å²) in [7, 11) is 0. The Balaban J connectivity index is 0. The van der Waals surface area contributed by atoms with Gasteiger partial charge in [0.2, 0.25) is 11.8 Å². The van der Waals surface area contributed by atoms with Crippen LogP contribution in [0.3, 0.4) is 0 Å². The monoisotopic (exact) mass is 1220 g/mol. The fourth-order valence-electron chi connectivity index (χ4n) is 7.82. The van der Waals surface area contributed by atoms with E-state index in [1.807, 2.05) is 6.20 Å². The van der Waals surface area contributed by atoms with E-state index in [4.69, 9.17) is 4.74 Å². The van der Waals surface area contributed by atoms with Crippen molar-refractivity contribution < 1.29 is 50.9 Å². The zero-order valence-electron chi connectivity index (χ0n) is 26.1. The summed E-state index contributed by atoms with van der Waals surface area (Å²) < 4.78 is 4.97. The zero-order chi connectivity index (χ0) is 30.9. The summed E-state index contributed by atoms with van der Waals surface area (Å²) in [5, 5.41) is 5.83. The summed E-state index contributed by atoms with van der Waals surface area (Å²) in [5.41, 5.74) is 2.59. The van der Waals surface area contributed by atoms with E-state index in [0.717, 1.165) is 19.4 Å². The number of hydrogen-bond acceptors (Lipinski definition) is 5. The molecule has 6 rings (SSSR count). The van der Waals surface area contributed by atoms with Crippen molar-refractivity contribution in [2.75, 3.05) is 6.54 Å². The van der Waals surface area contributed by atoms with Crippen molar-refractivity contribution in [1.82, 2.24) is 16.8 Å². The van der Waals surface area contributed by atoms with Crippen LogP contribution in [0.4, 0.5) is 0 Å². The Morgan fingerprint density at radius 1 is 0.750 bits per heavy atom. The van der Waals surface area contributed by atoms with E-state index in [9.17, 15) is 14.4 Å². The Bertz CT molecular complexity index is 921. The van der Waals surface area contributed by atoms with Crippen LogP contribution in [0.5, 0.6) is 0 Å². The number of hydrogen-bond donors (Lipinski definition) is 3. The number of halogens is 5. The molecule has 5 N–H and O–H groups in total. The summed E-state index contributed by atoms with van der Waals surface area (Å²) in [5.74, 6) is 5.32. The third-order valence-electron chi connectivity index (χ3n) is 10.2. The first-order chi connectivity index (χ1) is 19.5. The maximum atomic E-state index is 11.5. The number of amides is 2. The van der Waals surface area contributed by atoms with Gasteiger partial charge in [-0.15, -0.1) is 0 Å². The number of piperidine rings is 1. The van der Waals surface area contributed by atoms with Crippen LogP contribution in [0.1, 0.15) is 87.5 Å². The normalized spacial score (nSPS) is 35.5. The minimum absolute atomic E-state index is 0. The number of cyclic esters (lactones) is 1. The molecular formula is C31H53I5N3O4V-. The summed E-state index contributed by atoms with van der Waals surface area (Å²) in [6.45, 7) is 13.9. The van der Waals surface area contributed by atoms with Crippen LogP contribution in [0, 0.1) is 59.2 Å². The average molecular weight is 1220 g/mol. The largest absolute Gasteiger partial charge is 0.344 e. The number of nitrogens with one attached hydrogen (secondary N) is 2. The van der Waals surface area contributed by atoms with E-state index in [1.54, 1.807) is 6.26 Å². The van der Waals surface area contributed by atoms with E-state index < -0.39 is 0 Å². The molecule has 4 fully saturated rings. The quantitative estimate of drug-likeness (QED) is 0.188. The minimum Gasteiger partial charge on any atom is -0.344 e. The number of esters is 1. The predicted octanol–water partition coefficient (Wildman–Crippen LogP) is 6.55. The van der Waals surface area contributed by atoms with Gasteiger partial charge in [-0.1, -0.05) is 40.7 Å². The molecule has 257 valence electrons. The maximum absolute atomic E-state index is 11.5. The summed E-state index contributed by atoms with van der Waals surface area (Å²) in [4.78, 5) is 34.4. The molecule has 1 radical (unpaired) electrons. The summed E-state index contributed by atoms with van der Waals surface area (Å²) >= 11 is 9.54. The Morgan fingerprint density at radius 2 is 1.23 bits per heavy atom. The second-order valence-electron chi connectivity index (χ2n) is 12.6. The molecule has 0 bridgehead atoms. The number of carbonyl (C=O) groups excluding carboxylic acids is 3. The molecule has 1 saturated heterocycles. The SMILES string of the molecule is C.CC1=CNC(=O)C2C1CC[C@@H]2C.CC1=COC(=O)C2C1CC[C@@H]2C.C[C@@H]1CNC(=O)C2C1CC[C@@H]2C.II.I[I-]I.N.[V]. The molecule has 3 saturated carbocycles. The van der Waals surface area contributed by atoms with Crippen LogP contribution in [-0.4, -0.2) is 24.3 Å². The average Bonchev–Trinajstić information content (AvgIpc) is 3.67. The van der Waals surface area contributed by atoms with Crippen LogP contribution in [-0.2, 0) is 37.7 Å². The van der Waals surface area contributed by atoms with Crippen LogP contribution in [0.15, 0.2) is 23.6 Å². The van der Waals surface area contributed by atoms with Gasteiger partial charge >= 0.3 is 56.5 Å². The molecule has 6 unspecified atom stereocenters. The van der Waals surface area contributed by atoms with Crippen molar-refractivity contribution in [2.24, 2.45) is 59.2 Å². The van der Waals surface area contributed by atoms with Crippen molar-refractivity contribution in [3.05, 3.63) is 23.6 Å². The maximum Gasteiger partial charge on any atom is 0 e. The molecule has 0 aromatic heterocycles. The fourth-order valence-corrected chi connectivity index (χ4v) is 7.82. The van der Waals surface area contributed by atoms with Gasteiger partial charge in [0, 0.05) is 80.4 Å². The number of rotatable bonds is 0. The third kappa shape index (κ3) is 12.8. The van der Waals surface area contributed by atoms with Gasteiger partial charge < -0.3 is 21.5 Å². The van der Waals surface area contributed by atoms with Crippen molar-refractivity contribution in [3.63, 3.8) is 0 Å². The van der Waals surface area contributed by atoms with Crippen molar-refractivity contribution in [3.8, 4) is 0 Å². The smallest absolute Gasteiger partial charge is 0 e. The molecule has 7 nitrogen and oxygen atoms in total. The molecule has 0 aromatic rings. The van der Waals surface area contributed by atoms with Gasteiger partial charge in [-0.25, -0.2) is 0 Å². The Kier molecular flexibility index (Phi) is 26.6. The van der Waals surface area contributed by atoms with E-state index in [0.29, 0.717) is 66.5 Å². The van der Waals surface area contributed by atoms with Crippen molar-refractivity contribution in [2.45, 2.75) is 87.5 Å². The minimum atomic E-state index is -0.0180. The first kappa shape index (κ1) is 48.2. The zero-order valence-corrected chi connectivity index (χ0v) is 38.2. The van der Waals surface area contributed by atoms with E-state index in [1.165, 1.54) is 36.8 Å². The molecule has 44 heavy (non-hydrogen) atoms. The Morgan fingerprint density at radius 3 is 1.73 bits per heavy atom.